The van der Waals surface area contributed by atoms with Gasteiger partial charge in [-0.15, -0.1) is 0 Å². The molecule has 2 aromatic rings. The van der Waals surface area contributed by atoms with Crippen LogP contribution in [0.1, 0.15) is 29.3 Å². The number of halogens is 3. The zero-order valence-corrected chi connectivity index (χ0v) is 14.1. The lowest BCUT2D eigenvalue weighted by atomic mass is 10.1. The number of methoxy groups -OCH3 is 1. The van der Waals surface area contributed by atoms with Crippen molar-refractivity contribution in [1.82, 2.24) is 0 Å². The van der Waals surface area contributed by atoms with Crippen LogP contribution in [0.25, 0.3) is 0 Å². The number of ether oxygens (including phenoxy) is 1. The number of hydrogen-bond donors (Lipinski definition) is 2. The van der Waals surface area contributed by atoms with Crippen LogP contribution in [0.2, 0.25) is 0 Å². The molecule has 0 aliphatic heterocycles. The topological polar surface area (TPSA) is 67.4 Å². The number of benzene rings is 2. The fraction of sp³-hybridized carbons (Fsp3) is 0.222. The molecule has 2 aromatic carbocycles. The van der Waals surface area contributed by atoms with Crippen molar-refractivity contribution in [2.75, 3.05) is 17.7 Å². The van der Waals surface area contributed by atoms with Gasteiger partial charge in [0.15, 0.2) is 0 Å². The molecule has 138 valence electrons. The molecular formula is C18H17F3N2O3. The van der Waals surface area contributed by atoms with Crippen LogP contribution in [-0.2, 0) is 11.0 Å². The third-order valence-corrected chi connectivity index (χ3v) is 3.53. The van der Waals surface area contributed by atoms with Crippen molar-refractivity contribution < 1.29 is 27.5 Å². The molecule has 2 amide bonds. The Labute approximate surface area is 148 Å². The molecule has 8 heteroatoms. The number of carbonyl (C=O) groups excluding carboxylic acids is 2. The van der Waals surface area contributed by atoms with Gasteiger partial charge in [0, 0.05) is 17.7 Å². The van der Waals surface area contributed by atoms with Crippen LogP contribution in [0.4, 0.5) is 24.5 Å². The van der Waals surface area contributed by atoms with Crippen LogP contribution in [0.15, 0.2) is 42.5 Å². The van der Waals surface area contributed by atoms with E-state index in [2.05, 4.69) is 10.6 Å². The van der Waals surface area contributed by atoms with E-state index in [0.29, 0.717) is 11.4 Å². The second-order valence-electron chi connectivity index (χ2n) is 5.35. The molecule has 0 fully saturated rings. The Hall–Kier alpha value is -3.03. The predicted molar refractivity (Wildman–Crippen MR) is 91.3 cm³/mol. The molecular weight excluding hydrogens is 349 g/mol. The number of alkyl halides is 3. The number of carbonyl (C=O) groups is 2. The lowest BCUT2D eigenvalue weighted by Gasteiger charge is -2.12. The van der Waals surface area contributed by atoms with E-state index in [4.69, 9.17) is 4.74 Å². The average Bonchev–Trinajstić information content (AvgIpc) is 2.61. The van der Waals surface area contributed by atoms with Crippen LogP contribution in [-0.4, -0.2) is 18.9 Å². The van der Waals surface area contributed by atoms with Gasteiger partial charge >= 0.3 is 6.18 Å². The first kappa shape index (κ1) is 19.3. The highest BCUT2D eigenvalue weighted by Crippen LogP contribution is 2.30. The molecule has 26 heavy (non-hydrogen) atoms. The van der Waals surface area contributed by atoms with E-state index >= 15 is 0 Å². The number of amides is 2. The summed E-state index contributed by atoms with van der Waals surface area (Å²) in [5.41, 5.74) is -0.0287. The highest BCUT2D eigenvalue weighted by Gasteiger charge is 2.30. The minimum Gasteiger partial charge on any atom is -0.495 e. The number of nitrogens with one attached hydrogen (secondary N) is 2. The fourth-order valence-corrected chi connectivity index (χ4v) is 2.13. The van der Waals surface area contributed by atoms with Gasteiger partial charge in [-0.25, -0.2) is 0 Å². The summed E-state index contributed by atoms with van der Waals surface area (Å²) in [5, 5.41) is 5.13. The van der Waals surface area contributed by atoms with Crippen LogP contribution in [0, 0.1) is 0 Å². The van der Waals surface area contributed by atoms with E-state index in [1.54, 1.807) is 6.92 Å². The first-order valence-corrected chi connectivity index (χ1v) is 7.71. The highest BCUT2D eigenvalue weighted by molar-refractivity contribution is 6.05. The van der Waals surface area contributed by atoms with Crippen molar-refractivity contribution in [3.8, 4) is 5.75 Å². The molecule has 0 saturated heterocycles. The zero-order chi connectivity index (χ0) is 19.3. The second-order valence-corrected chi connectivity index (χ2v) is 5.35. The third-order valence-electron chi connectivity index (χ3n) is 3.53. The molecule has 0 unspecified atom stereocenters. The van der Waals surface area contributed by atoms with Crippen LogP contribution in [0.3, 0.4) is 0 Å². The first-order chi connectivity index (χ1) is 12.2. The summed E-state index contributed by atoms with van der Waals surface area (Å²) < 4.78 is 42.8. The SMILES string of the molecule is CCC(=O)Nc1cc(C(=O)Nc2ccc(C(F)(F)F)cc2)ccc1OC. The molecule has 0 aliphatic rings. The molecule has 0 radical (unpaired) electrons. The summed E-state index contributed by atoms with van der Waals surface area (Å²) in [5.74, 6) is -0.388. The van der Waals surface area contributed by atoms with Crippen molar-refractivity contribution in [3.63, 3.8) is 0 Å². The Balaban J connectivity index is 2.18. The second kappa shape index (κ2) is 7.90. The Morgan fingerprint density at radius 1 is 1.04 bits per heavy atom. The minimum absolute atomic E-state index is 0.220. The van der Waals surface area contributed by atoms with Crippen molar-refractivity contribution in [2.45, 2.75) is 19.5 Å². The maximum absolute atomic E-state index is 12.6. The van der Waals surface area contributed by atoms with Gasteiger partial charge in [-0.1, -0.05) is 6.92 Å². The lowest BCUT2D eigenvalue weighted by molar-refractivity contribution is -0.137. The maximum Gasteiger partial charge on any atom is 0.416 e. The quantitative estimate of drug-likeness (QED) is 0.828. The first-order valence-electron chi connectivity index (χ1n) is 7.71. The monoisotopic (exact) mass is 366 g/mol. The van der Waals surface area contributed by atoms with Crippen molar-refractivity contribution in [1.29, 1.82) is 0 Å². The van der Waals surface area contributed by atoms with Crippen molar-refractivity contribution in [2.24, 2.45) is 0 Å². The summed E-state index contributed by atoms with van der Waals surface area (Å²) in [7, 11) is 1.43. The molecule has 0 saturated carbocycles. The Kier molecular flexibility index (Phi) is 5.86. The van der Waals surface area contributed by atoms with Gasteiger partial charge in [0.05, 0.1) is 18.4 Å². The fourth-order valence-electron chi connectivity index (χ4n) is 2.13. The van der Waals surface area contributed by atoms with Gasteiger partial charge in [-0.05, 0) is 42.5 Å². The van der Waals surface area contributed by atoms with Gasteiger partial charge in [-0.2, -0.15) is 13.2 Å². The molecule has 0 spiro atoms. The van der Waals surface area contributed by atoms with Crippen LogP contribution in [0.5, 0.6) is 5.75 Å². The van der Waals surface area contributed by atoms with Gasteiger partial charge in [-0.3, -0.25) is 9.59 Å². The number of rotatable bonds is 5. The van der Waals surface area contributed by atoms with E-state index in [9.17, 15) is 22.8 Å². The normalized spacial score (nSPS) is 11.0. The van der Waals surface area contributed by atoms with E-state index in [-0.39, 0.29) is 23.6 Å². The van der Waals surface area contributed by atoms with Gasteiger partial charge in [0.2, 0.25) is 5.91 Å². The Bertz CT molecular complexity index is 802. The molecule has 0 aromatic heterocycles. The van der Waals surface area contributed by atoms with E-state index < -0.39 is 17.6 Å². The Morgan fingerprint density at radius 2 is 1.69 bits per heavy atom. The summed E-state index contributed by atoms with van der Waals surface area (Å²) in [6.45, 7) is 1.68. The predicted octanol–water partition coefficient (Wildman–Crippen LogP) is 4.31. The van der Waals surface area contributed by atoms with E-state index in [1.807, 2.05) is 0 Å². The van der Waals surface area contributed by atoms with Crippen molar-refractivity contribution in [3.05, 3.63) is 53.6 Å². The van der Waals surface area contributed by atoms with Gasteiger partial charge in [0.25, 0.3) is 5.91 Å². The number of anilines is 2. The van der Waals surface area contributed by atoms with Gasteiger partial charge < -0.3 is 15.4 Å². The van der Waals surface area contributed by atoms with Crippen LogP contribution < -0.4 is 15.4 Å². The average molecular weight is 366 g/mol. The Morgan fingerprint density at radius 3 is 2.23 bits per heavy atom. The molecule has 0 atom stereocenters. The summed E-state index contributed by atoms with van der Waals surface area (Å²) in [4.78, 5) is 23.9. The summed E-state index contributed by atoms with van der Waals surface area (Å²) >= 11 is 0. The molecule has 0 aliphatic carbocycles. The highest BCUT2D eigenvalue weighted by atomic mass is 19.4. The van der Waals surface area contributed by atoms with Crippen LogP contribution >= 0.6 is 0 Å². The molecule has 5 nitrogen and oxygen atoms in total. The molecule has 0 heterocycles. The molecule has 0 bridgehead atoms. The number of hydrogen-bond acceptors (Lipinski definition) is 3. The van der Waals surface area contributed by atoms with Crippen molar-refractivity contribution >= 4 is 23.2 Å². The lowest BCUT2D eigenvalue weighted by Crippen LogP contribution is -2.15. The smallest absolute Gasteiger partial charge is 0.416 e. The zero-order valence-electron chi connectivity index (χ0n) is 14.1. The minimum atomic E-state index is -4.44. The molecule has 2 N–H and O–H groups in total. The van der Waals surface area contributed by atoms with E-state index in [1.165, 1.54) is 37.4 Å². The standard InChI is InChI=1S/C18H17F3N2O3/c1-3-16(24)23-14-10-11(4-9-15(14)26-2)17(25)22-13-7-5-12(6-8-13)18(19,20)21/h4-10H,3H2,1-2H3,(H,22,25)(H,23,24). The third kappa shape index (κ3) is 4.75. The maximum atomic E-state index is 12.6. The largest absolute Gasteiger partial charge is 0.495 e. The van der Waals surface area contributed by atoms with Gasteiger partial charge in [0.1, 0.15) is 5.75 Å². The van der Waals surface area contributed by atoms with E-state index in [0.717, 1.165) is 12.1 Å². The summed E-state index contributed by atoms with van der Waals surface area (Å²) in [6.07, 6.45) is -4.18. The summed E-state index contributed by atoms with van der Waals surface area (Å²) in [6, 6.07) is 8.56. The molecule has 2 rings (SSSR count).